The van der Waals surface area contributed by atoms with E-state index in [2.05, 4.69) is 26.5 Å². The van der Waals surface area contributed by atoms with Crippen LogP contribution in [-0.4, -0.2) is 18.2 Å². The molecule has 0 aliphatic heterocycles. The summed E-state index contributed by atoms with van der Waals surface area (Å²) in [5.41, 5.74) is 4.34. The number of hydrazone groups is 1. The van der Waals surface area contributed by atoms with Crippen LogP contribution in [0.1, 0.15) is 30.2 Å². The summed E-state index contributed by atoms with van der Waals surface area (Å²) in [6, 6.07) is 9.39. The first-order valence-corrected chi connectivity index (χ1v) is 9.42. The van der Waals surface area contributed by atoms with Gasteiger partial charge in [0.05, 0.1) is 21.0 Å². The molecule has 0 bridgehead atoms. The van der Waals surface area contributed by atoms with E-state index in [-0.39, 0.29) is 5.91 Å². The van der Waals surface area contributed by atoms with Crippen molar-refractivity contribution in [2.24, 2.45) is 5.10 Å². The zero-order valence-corrected chi connectivity index (χ0v) is 16.6. The topological polar surface area (TPSA) is 50.7 Å². The third-order valence-electron chi connectivity index (χ3n) is 3.22. The van der Waals surface area contributed by atoms with Crippen LogP contribution in [0.4, 0.5) is 0 Å². The summed E-state index contributed by atoms with van der Waals surface area (Å²) in [5, 5.41) is 4.80. The molecule has 1 aromatic heterocycles. The summed E-state index contributed by atoms with van der Waals surface area (Å²) in [6.45, 7) is 4.27. The highest BCUT2D eigenvalue weighted by Crippen LogP contribution is 2.23. The molecule has 2 rings (SSSR count). The fraction of sp³-hybridized carbons (Fsp3) is 0.294. The summed E-state index contributed by atoms with van der Waals surface area (Å²) in [6.07, 6.45) is 0.977. The highest BCUT2D eigenvalue weighted by Gasteiger charge is 2.05. The van der Waals surface area contributed by atoms with Crippen molar-refractivity contribution >= 4 is 50.5 Å². The van der Waals surface area contributed by atoms with Crippen molar-refractivity contribution in [3.63, 3.8) is 0 Å². The Morgan fingerprint density at radius 2 is 2.17 bits per heavy atom. The number of thiophene rings is 1. The second-order valence-electron chi connectivity index (χ2n) is 5.20. The Morgan fingerprint density at radius 1 is 1.38 bits per heavy atom. The number of carbonyl (C=O) groups excluding carboxylic acids is 1. The van der Waals surface area contributed by atoms with Crippen LogP contribution in [0.15, 0.2) is 39.2 Å². The van der Waals surface area contributed by atoms with Gasteiger partial charge >= 0.3 is 0 Å². The van der Waals surface area contributed by atoms with Gasteiger partial charge in [-0.15, -0.1) is 11.3 Å². The number of aryl methyl sites for hydroxylation is 1. The summed E-state index contributed by atoms with van der Waals surface area (Å²) < 4.78 is 6.70. The van der Waals surface area contributed by atoms with Crippen molar-refractivity contribution in [2.75, 3.05) is 6.61 Å². The highest BCUT2D eigenvalue weighted by molar-refractivity contribution is 9.11. The molecule has 0 fully saturated rings. The second kappa shape index (κ2) is 9.20. The predicted octanol–water partition coefficient (Wildman–Crippen LogP) is 5.17. The smallest absolute Gasteiger partial charge is 0.240 e. The number of halogens is 2. The van der Waals surface area contributed by atoms with Crippen LogP contribution in [0.3, 0.4) is 0 Å². The number of hydrogen-bond donors (Lipinski definition) is 1. The van der Waals surface area contributed by atoms with Crippen molar-refractivity contribution in [3.8, 4) is 5.75 Å². The van der Waals surface area contributed by atoms with Crippen molar-refractivity contribution < 1.29 is 9.53 Å². The second-order valence-corrected chi connectivity index (χ2v) is 8.10. The maximum absolute atomic E-state index is 11.8. The monoisotopic (exact) mass is 428 g/mol. The van der Waals surface area contributed by atoms with Gasteiger partial charge in [-0.25, -0.2) is 5.43 Å². The van der Waals surface area contributed by atoms with Crippen LogP contribution >= 0.6 is 38.9 Å². The van der Waals surface area contributed by atoms with Crippen LogP contribution in [0.2, 0.25) is 5.02 Å². The molecule has 0 unspecified atom stereocenters. The molecule has 2 aromatic rings. The Labute approximate surface area is 159 Å². The van der Waals surface area contributed by atoms with Gasteiger partial charge in [0.1, 0.15) is 5.75 Å². The number of ether oxygens (including phenoxy) is 1. The van der Waals surface area contributed by atoms with Gasteiger partial charge in [0.2, 0.25) is 5.91 Å². The number of amides is 1. The van der Waals surface area contributed by atoms with Crippen LogP contribution in [0, 0.1) is 6.92 Å². The lowest BCUT2D eigenvalue weighted by Crippen LogP contribution is -2.19. The minimum atomic E-state index is -0.124. The molecule has 0 spiro atoms. The first-order valence-electron chi connectivity index (χ1n) is 7.43. The number of hydrogen-bond acceptors (Lipinski definition) is 4. The molecule has 1 heterocycles. The Bertz CT molecular complexity index is 746. The molecule has 0 atom stereocenters. The highest BCUT2D eigenvalue weighted by atomic mass is 79.9. The van der Waals surface area contributed by atoms with Crippen molar-refractivity contribution in [2.45, 2.75) is 26.7 Å². The van der Waals surface area contributed by atoms with Crippen LogP contribution in [0.25, 0.3) is 0 Å². The van der Waals surface area contributed by atoms with E-state index >= 15 is 0 Å². The van der Waals surface area contributed by atoms with E-state index in [1.165, 1.54) is 0 Å². The molecule has 1 amide bonds. The fourth-order valence-electron chi connectivity index (χ4n) is 1.96. The average molecular weight is 430 g/mol. The first-order chi connectivity index (χ1) is 11.5. The lowest BCUT2D eigenvalue weighted by molar-refractivity contribution is -0.121. The SMILES string of the molecule is C/C(=N\NC(=O)CCCOc1ccc(Cl)cc1C)c1ccc(Br)s1. The number of rotatable bonds is 7. The van der Waals surface area contributed by atoms with E-state index in [9.17, 15) is 4.79 Å². The molecule has 0 saturated heterocycles. The summed E-state index contributed by atoms with van der Waals surface area (Å²) in [4.78, 5) is 12.8. The molecule has 0 radical (unpaired) electrons. The molecule has 0 aliphatic carbocycles. The number of benzene rings is 1. The number of carbonyl (C=O) groups is 1. The lowest BCUT2D eigenvalue weighted by atomic mass is 10.2. The van der Waals surface area contributed by atoms with E-state index < -0.39 is 0 Å². The zero-order valence-electron chi connectivity index (χ0n) is 13.4. The van der Waals surface area contributed by atoms with E-state index in [1.807, 2.05) is 38.1 Å². The van der Waals surface area contributed by atoms with E-state index in [0.29, 0.717) is 24.5 Å². The van der Waals surface area contributed by atoms with Gasteiger partial charge in [-0.05, 0) is 72.1 Å². The molecular weight excluding hydrogens is 412 g/mol. The Morgan fingerprint density at radius 3 is 2.83 bits per heavy atom. The van der Waals surface area contributed by atoms with Gasteiger partial charge in [0.15, 0.2) is 0 Å². The minimum absolute atomic E-state index is 0.124. The van der Waals surface area contributed by atoms with E-state index in [1.54, 1.807) is 17.4 Å². The van der Waals surface area contributed by atoms with Crippen LogP contribution in [-0.2, 0) is 4.79 Å². The molecule has 4 nitrogen and oxygen atoms in total. The van der Waals surface area contributed by atoms with Crippen molar-refractivity contribution in [1.82, 2.24) is 5.43 Å². The Balaban J connectivity index is 1.71. The molecule has 0 aliphatic rings. The minimum Gasteiger partial charge on any atom is -0.493 e. The standard InChI is InChI=1S/C17H18BrClN2O2S/c1-11-10-13(19)5-6-14(11)23-9-3-4-17(22)21-20-12(2)15-7-8-16(18)24-15/h5-8,10H,3-4,9H2,1-2H3,(H,21,22)/b20-12+. The first kappa shape index (κ1) is 19.0. The molecule has 24 heavy (non-hydrogen) atoms. The molecule has 1 N–H and O–H groups in total. The third kappa shape index (κ3) is 5.92. The van der Waals surface area contributed by atoms with Gasteiger partial charge in [-0.3, -0.25) is 4.79 Å². The zero-order chi connectivity index (χ0) is 17.5. The van der Waals surface area contributed by atoms with E-state index in [4.69, 9.17) is 16.3 Å². The average Bonchev–Trinajstić information content (AvgIpc) is 2.97. The third-order valence-corrected chi connectivity index (χ3v) is 5.19. The van der Waals surface area contributed by atoms with Crippen LogP contribution in [0.5, 0.6) is 5.75 Å². The van der Waals surface area contributed by atoms with Crippen LogP contribution < -0.4 is 10.2 Å². The predicted molar refractivity (Wildman–Crippen MR) is 103 cm³/mol. The van der Waals surface area contributed by atoms with Crippen molar-refractivity contribution in [1.29, 1.82) is 0 Å². The maximum Gasteiger partial charge on any atom is 0.240 e. The Hall–Kier alpha value is -1.37. The molecular formula is C17H18BrClN2O2S. The summed E-state index contributed by atoms with van der Waals surface area (Å²) in [7, 11) is 0. The number of nitrogens with one attached hydrogen (secondary N) is 1. The quantitative estimate of drug-likeness (QED) is 0.375. The normalized spacial score (nSPS) is 11.4. The number of nitrogens with zero attached hydrogens (tertiary/aromatic N) is 1. The van der Waals surface area contributed by atoms with Gasteiger partial charge in [-0.2, -0.15) is 5.10 Å². The van der Waals surface area contributed by atoms with Gasteiger partial charge < -0.3 is 4.74 Å². The summed E-state index contributed by atoms with van der Waals surface area (Å²) in [5.74, 6) is 0.665. The largest absolute Gasteiger partial charge is 0.493 e. The molecule has 128 valence electrons. The fourth-order valence-corrected chi connectivity index (χ4v) is 3.51. The van der Waals surface area contributed by atoms with Crippen molar-refractivity contribution in [3.05, 3.63) is 49.6 Å². The summed E-state index contributed by atoms with van der Waals surface area (Å²) >= 11 is 10.9. The molecule has 7 heteroatoms. The maximum atomic E-state index is 11.8. The lowest BCUT2D eigenvalue weighted by Gasteiger charge is -2.09. The van der Waals surface area contributed by atoms with Gasteiger partial charge in [0.25, 0.3) is 0 Å². The molecule has 0 saturated carbocycles. The van der Waals surface area contributed by atoms with Gasteiger partial charge in [0, 0.05) is 11.4 Å². The van der Waals surface area contributed by atoms with E-state index in [0.717, 1.165) is 25.7 Å². The van der Waals surface area contributed by atoms with Gasteiger partial charge in [-0.1, -0.05) is 11.6 Å². The Kier molecular flexibility index (Phi) is 7.27. The molecule has 1 aromatic carbocycles.